The molecule has 0 aliphatic carbocycles. The van der Waals surface area contributed by atoms with Gasteiger partial charge in [-0.1, -0.05) is 21.0 Å². The fourth-order valence-electron chi connectivity index (χ4n) is 2.32. The van der Waals surface area contributed by atoms with Crippen LogP contribution in [0.15, 0.2) is 6.33 Å². The topological polar surface area (TPSA) is 134 Å². The zero-order valence-corrected chi connectivity index (χ0v) is 16.9. The molecule has 0 spiro atoms. The molecule has 3 atom stereocenters. The predicted octanol–water partition coefficient (Wildman–Crippen LogP) is 0.943. The van der Waals surface area contributed by atoms with Crippen LogP contribution in [0.2, 0.25) is 5.15 Å². The molecule has 0 aromatic carbocycles. The number of nitrogens with zero attached hydrogens (tertiary/aromatic N) is 4. The fraction of sp³-hybridized carbons (Fsp3) is 0.533. The van der Waals surface area contributed by atoms with Crippen LogP contribution in [0.3, 0.4) is 0 Å². The highest BCUT2D eigenvalue weighted by Crippen LogP contribution is 2.21. The molecular weight excluding hydrogens is 395 g/mol. The lowest BCUT2D eigenvalue weighted by Crippen LogP contribution is -2.30. The third kappa shape index (κ3) is 5.98. The van der Waals surface area contributed by atoms with Crippen molar-refractivity contribution in [3.8, 4) is 0 Å². The molecule has 0 bridgehead atoms. The van der Waals surface area contributed by atoms with E-state index in [9.17, 15) is 9.59 Å². The molecule has 0 saturated carbocycles. The van der Waals surface area contributed by atoms with Gasteiger partial charge in [-0.25, -0.2) is 4.98 Å². The molecule has 2 aromatic heterocycles. The minimum absolute atomic E-state index is 0.0404. The van der Waals surface area contributed by atoms with Gasteiger partial charge < -0.3 is 19.8 Å². The first-order chi connectivity index (χ1) is 12.8. The maximum atomic E-state index is 11.7. The Morgan fingerprint density at radius 2 is 2.15 bits per heavy atom. The fourth-order valence-corrected chi connectivity index (χ4v) is 2.68. The SMILES string of the molecule is CC(=O)OC[C@H](CCOC(=O)[C@H](C)NP)Cn1cnc2c(Cl)nc(N)nc21. The van der Waals surface area contributed by atoms with Crippen molar-refractivity contribution in [2.24, 2.45) is 5.92 Å². The molecule has 0 saturated heterocycles. The molecule has 3 N–H and O–H groups in total. The number of carbonyl (C=O) groups is 2. The summed E-state index contributed by atoms with van der Waals surface area (Å²) in [5, 5.41) is 2.90. The number of esters is 2. The van der Waals surface area contributed by atoms with E-state index in [2.05, 4.69) is 29.4 Å². The molecule has 2 aromatic rings. The molecule has 12 heteroatoms. The summed E-state index contributed by atoms with van der Waals surface area (Å²) in [5.41, 5.74) is 6.57. The van der Waals surface area contributed by atoms with E-state index in [1.165, 1.54) is 6.92 Å². The molecule has 27 heavy (non-hydrogen) atoms. The Kier molecular flexibility index (Phi) is 7.70. The van der Waals surface area contributed by atoms with Gasteiger partial charge in [0.1, 0.15) is 11.6 Å². The first-order valence-electron chi connectivity index (χ1n) is 8.21. The van der Waals surface area contributed by atoms with E-state index in [0.29, 0.717) is 24.1 Å². The van der Waals surface area contributed by atoms with E-state index in [4.69, 9.17) is 26.8 Å². The summed E-state index contributed by atoms with van der Waals surface area (Å²) >= 11 is 6.04. The van der Waals surface area contributed by atoms with E-state index < -0.39 is 6.04 Å². The number of fused-ring (bicyclic) bond motifs is 1. The van der Waals surface area contributed by atoms with Crippen LogP contribution in [0.4, 0.5) is 5.95 Å². The van der Waals surface area contributed by atoms with E-state index in [0.717, 1.165) is 0 Å². The quantitative estimate of drug-likeness (QED) is 0.348. The second-order valence-corrected chi connectivity index (χ2v) is 6.65. The summed E-state index contributed by atoms with van der Waals surface area (Å²) in [4.78, 5) is 35.1. The highest BCUT2D eigenvalue weighted by molar-refractivity contribution is 7.13. The van der Waals surface area contributed by atoms with Gasteiger partial charge in [0.2, 0.25) is 5.95 Å². The van der Waals surface area contributed by atoms with E-state index in [1.54, 1.807) is 17.8 Å². The smallest absolute Gasteiger partial charge is 0.323 e. The number of anilines is 1. The zero-order valence-electron chi connectivity index (χ0n) is 15.0. The highest BCUT2D eigenvalue weighted by atomic mass is 35.5. The van der Waals surface area contributed by atoms with Gasteiger partial charge >= 0.3 is 11.9 Å². The summed E-state index contributed by atoms with van der Waals surface area (Å²) in [6.45, 7) is 3.80. The molecule has 0 aliphatic rings. The monoisotopic (exact) mass is 416 g/mol. The maximum absolute atomic E-state index is 11.7. The Hall–Kier alpha value is -2.03. The minimum atomic E-state index is -0.429. The first-order valence-corrected chi connectivity index (χ1v) is 9.17. The average molecular weight is 417 g/mol. The molecule has 0 fully saturated rings. The summed E-state index contributed by atoms with van der Waals surface area (Å²) < 4.78 is 12.1. The number of nitrogen functional groups attached to an aromatic ring is 1. The number of aromatic nitrogens is 4. The number of halogens is 1. The maximum Gasteiger partial charge on any atom is 0.323 e. The molecule has 10 nitrogen and oxygen atoms in total. The van der Waals surface area contributed by atoms with E-state index in [1.807, 2.05) is 0 Å². The molecule has 148 valence electrons. The Bertz CT molecular complexity index is 817. The van der Waals surface area contributed by atoms with Crippen LogP contribution in [0, 0.1) is 5.92 Å². The van der Waals surface area contributed by atoms with Crippen molar-refractivity contribution in [2.75, 3.05) is 18.9 Å². The summed E-state index contributed by atoms with van der Waals surface area (Å²) in [6.07, 6.45) is 2.05. The number of ether oxygens (including phenoxy) is 2. The Labute approximate surface area is 163 Å². The number of carbonyl (C=O) groups excluding carboxylic acids is 2. The third-order valence-electron chi connectivity index (χ3n) is 3.79. The Morgan fingerprint density at radius 3 is 2.81 bits per heavy atom. The minimum Gasteiger partial charge on any atom is -0.466 e. The third-order valence-corrected chi connectivity index (χ3v) is 4.55. The average Bonchev–Trinajstić information content (AvgIpc) is 3.01. The second kappa shape index (κ2) is 9.77. The summed E-state index contributed by atoms with van der Waals surface area (Å²) in [5.74, 6) is -0.841. The summed E-state index contributed by atoms with van der Waals surface area (Å²) in [6, 6.07) is -0.429. The van der Waals surface area contributed by atoms with Crippen LogP contribution in [0.25, 0.3) is 11.2 Å². The number of hydrogen-bond acceptors (Lipinski definition) is 9. The van der Waals surface area contributed by atoms with Crippen molar-refractivity contribution >= 4 is 50.0 Å². The normalized spacial score (nSPS) is 13.3. The molecule has 2 rings (SSSR count). The molecule has 0 amide bonds. The van der Waals surface area contributed by atoms with Crippen molar-refractivity contribution in [3.05, 3.63) is 11.5 Å². The zero-order chi connectivity index (χ0) is 20.0. The van der Waals surface area contributed by atoms with Crippen LogP contribution < -0.4 is 10.8 Å². The van der Waals surface area contributed by atoms with Gasteiger partial charge in [-0.3, -0.25) is 14.7 Å². The van der Waals surface area contributed by atoms with Gasteiger partial charge in [0.25, 0.3) is 0 Å². The molecule has 0 aliphatic heterocycles. The van der Waals surface area contributed by atoms with E-state index in [-0.39, 0.29) is 42.2 Å². The van der Waals surface area contributed by atoms with Gasteiger partial charge in [-0.05, 0) is 13.3 Å². The van der Waals surface area contributed by atoms with Crippen molar-refractivity contribution < 1.29 is 19.1 Å². The van der Waals surface area contributed by atoms with Gasteiger partial charge in [0.05, 0.1) is 19.5 Å². The van der Waals surface area contributed by atoms with Gasteiger partial charge in [0.15, 0.2) is 10.8 Å². The molecular formula is C15H22ClN6O4P. The lowest BCUT2D eigenvalue weighted by Gasteiger charge is -2.18. The lowest BCUT2D eigenvalue weighted by atomic mass is 10.1. The van der Waals surface area contributed by atoms with Crippen molar-refractivity contribution in [1.29, 1.82) is 0 Å². The number of rotatable bonds is 9. The van der Waals surface area contributed by atoms with Crippen LogP contribution in [-0.4, -0.2) is 50.7 Å². The molecule has 0 radical (unpaired) electrons. The van der Waals surface area contributed by atoms with Crippen LogP contribution in [-0.2, 0) is 25.6 Å². The molecule has 2 heterocycles. The molecule has 1 unspecified atom stereocenters. The largest absolute Gasteiger partial charge is 0.466 e. The number of nitrogens with two attached hydrogens (primary N) is 1. The standard InChI is InChI=1S/C15H22ClN6O4P/c1-8(21-27)14(24)25-4-3-10(6-26-9(2)23)5-22-7-18-11-12(16)19-15(17)20-13(11)22/h7-8,10,21H,3-6,27H2,1-2H3,(H2,17,19,20)/t8-,10+/m0/s1. The Balaban J connectivity index is 2.08. The Morgan fingerprint density at radius 1 is 1.41 bits per heavy atom. The van der Waals surface area contributed by atoms with Gasteiger partial charge in [-0.15, -0.1) is 0 Å². The lowest BCUT2D eigenvalue weighted by molar-refractivity contribution is -0.147. The highest BCUT2D eigenvalue weighted by Gasteiger charge is 2.18. The number of nitrogens with one attached hydrogen (secondary N) is 1. The van der Waals surface area contributed by atoms with Crippen LogP contribution in [0.1, 0.15) is 20.3 Å². The van der Waals surface area contributed by atoms with Crippen molar-refractivity contribution in [1.82, 2.24) is 24.6 Å². The van der Waals surface area contributed by atoms with Crippen LogP contribution >= 0.6 is 21.0 Å². The van der Waals surface area contributed by atoms with Gasteiger partial charge in [0, 0.05) is 19.4 Å². The van der Waals surface area contributed by atoms with Crippen molar-refractivity contribution in [3.63, 3.8) is 0 Å². The summed E-state index contributed by atoms with van der Waals surface area (Å²) in [7, 11) is 2.27. The second-order valence-electron chi connectivity index (χ2n) is 5.95. The van der Waals surface area contributed by atoms with E-state index >= 15 is 0 Å². The first kappa shape index (κ1) is 21.3. The number of imidazole rings is 1. The number of hydrogen-bond donors (Lipinski definition) is 2. The predicted molar refractivity (Wildman–Crippen MR) is 103 cm³/mol. The van der Waals surface area contributed by atoms with Crippen LogP contribution in [0.5, 0.6) is 0 Å². The van der Waals surface area contributed by atoms with Gasteiger partial charge in [-0.2, -0.15) is 9.97 Å². The van der Waals surface area contributed by atoms with Crippen molar-refractivity contribution in [2.45, 2.75) is 32.9 Å².